The highest BCUT2D eigenvalue weighted by Crippen LogP contribution is 2.45. The molecule has 1 saturated carbocycles. The number of carbonyl (C=O) groups is 1. The van der Waals surface area contributed by atoms with E-state index in [4.69, 9.17) is 5.73 Å². The van der Waals surface area contributed by atoms with Gasteiger partial charge in [-0.3, -0.25) is 4.68 Å². The minimum absolute atomic E-state index is 0.184. The minimum atomic E-state index is -4.61. The molecule has 2 aliphatic heterocycles. The number of hydrogen-bond donors (Lipinski definition) is 2. The predicted molar refractivity (Wildman–Crippen MR) is 128 cm³/mol. The summed E-state index contributed by atoms with van der Waals surface area (Å²) < 4.78 is 55.7. The maximum absolute atomic E-state index is 13.9. The normalized spacial score (nSPS) is 22.2. The number of nitrogen functional groups attached to an aromatic ring is 1. The van der Waals surface area contributed by atoms with Crippen LogP contribution in [0.15, 0.2) is 42.6 Å². The molecule has 1 unspecified atom stereocenters. The SMILES string of the molecule is Nc1ncc(-c2cc3n(n2)CCC32CCN(C(=O)NC3(c4cccc(F)c4)CCC3)C2)cc1C(F)(F)F. The molecule has 3 aromatic rings. The molecule has 2 aromatic heterocycles. The fraction of sp³-hybridized carbons (Fsp3) is 0.423. The van der Waals surface area contributed by atoms with Crippen molar-refractivity contribution in [3.05, 3.63) is 65.2 Å². The Morgan fingerprint density at radius 3 is 2.57 bits per heavy atom. The number of nitrogens with two attached hydrogens (primary N) is 1. The molecule has 7 nitrogen and oxygen atoms in total. The molecule has 0 radical (unpaired) electrons. The summed E-state index contributed by atoms with van der Waals surface area (Å²) in [6.45, 7) is 1.65. The van der Waals surface area contributed by atoms with Gasteiger partial charge in [-0.25, -0.2) is 14.2 Å². The fourth-order valence-corrected chi connectivity index (χ4v) is 5.99. The van der Waals surface area contributed by atoms with Gasteiger partial charge in [0.1, 0.15) is 11.6 Å². The molecule has 1 aromatic carbocycles. The second-order valence-corrected chi connectivity index (χ2v) is 10.4. The Morgan fingerprint density at radius 1 is 1.08 bits per heavy atom. The number of amides is 2. The smallest absolute Gasteiger partial charge is 0.383 e. The van der Waals surface area contributed by atoms with Crippen molar-refractivity contribution in [3.8, 4) is 11.3 Å². The van der Waals surface area contributed by atoms with E-state index >= 15 is 0 Å². The average molecular weight is 515 g/mol. The topological polar surface area (TPSA) is 89.1 Å². The number of nitrogens with one attached hydrogen (secondary N) is 1. The maximum Gasteiger partial charge on any atom is 0.419 e. The molecular formula is C26H26F4N6O. The molecule has 3 N–H and O–H groups in total. The summed E-state index contributed by atoms with van der Waals surface area (Å²) >= 11 is 0. The Bertz CT molecular complexity index is 1380. The second kappa shape index (κ2) is 8.19. The third kappa shape index (κ3) is 3.91. The van der Waals surface area contributed by atoms with E-state index in [1.807, 2.05) is 16.8 Å². The van der Waals surface area contributed by atoms with Gasteiger partial charge in [-0.1, -0.05) is 12.1 Å². The van der Waals surface area contributed by atoms with Gasteiger partial charge in [0, 0.05) is 42.5 Å². The Labute approximate surface area is 210 Å². The van der Waals surface area contributed by atoms with Crippen LogP contribution >= 0.6 is 0 Å². The largest absolute Gasteiger partial charge is 0.419 e. The molecule has 0 bridgehead atoms. The molecule has 194 valence electrons. The van der Waals surface area contributed by atoms with E-state index in [2.05, 4.69) is 15.4 Å². The zero-order valence-corrected chi connectivity index (χ0v) is 20.0. The Balaban J connectivity index is 1.22. The summed E-state index contributed by atoms with van der Waals surface area (Å²) in [5, 5.41) is 7.72. The molecule has 1 spiro atoms. The molecule has 1 atom stereocenters. The van der Waals surface area contributed by atoms with E-state index in [1.165, 1.54) is 18.3 Å². The number of anilines is 1. The first-order valence-electron chi connectivity index (χ1n) is 12.3. The number of rotatable bonds is 3. The maximum atomic E-state index is 13.9. The quantitative estimate of drug-likeness (QED) is 0.491. The number of halogens is 4. The number of fused-ring (bicyclic) bond motifs is 2. The van der Waals surface area contributed by atoms with E-state index in [1.54, 1.807) is 11.0 Å². The van der Waals surface area contributed by atoms with Crippen molar-refractivity contribution < 1.29 is 22.4 Å². The molecule has 37 heavy (non-hydrogen) atoms. The lowest BCUT2D eigenvalue weighted by atomic mass is 9.72. The van der Waals surface area contributed by atoms with Crippen LogP contribution in [0.25, 0.3) is 11.3 Å². The molecule has 2 amide bonds. The van der Waals surface area contributed by atoms with Gasteiger partial charge in [-0.05, 0) is 61.9 Å². The number of aryl methyl sites for hydroxylation is 1. The van der Waals surface area contributed by atoms with Crippen molar-refractivity contribution >= 4 is 11.8 Å². The third-order valence-electron chi connectivity index (χ3n) is 8.22. The van der Waals surface area contributed by atoms with Crippen LogP contribution in [0.2, 0.25) is 0 Å². The molecule has 2 fully saturated rings. The highest BCUT2D eigenvalue weighted by molar-refractivity contribution is 5.76. The third-order valence-corrected chi connectivity index (χ3v) is 8.22. The monoisotopic (exact) mass is 514 g/mol. The zero-order chi connectivity index (χ0) is 26.0. The summed E-state index contributed by atoms with van der Waals surface area (Å²) in [5.41, 5.74) is 5.91. The number of likely N-dealkylation sites (tertiary alicyclic amines) is 1. The van der Waals surface area contributed by atoms with E-state index < -0.39 is 23.1 Å². The molecule has 1 saturated heterocycles. The number of aromatic nitrogens is 3. The Hall–Kier alpha value is -3.63. The van der Waals surface area contributed by atoms with Crippen molar-refractivity contribution in [2.75, 3.05) is 18.8 Å². The first-order chi connectivity index (χ1) is 17.6. The number of alkyl halides is 3. The van der Waals surface area contributed by atoms with Gasteiger partial charge in [-0.2, -0.15) is 18.3 Å². The summed E-state index contributed by atoms with van der Waals surface area (Å²) in [5.74, 6) is -0.897. The first-order valence-corrected chi connectivity index (χ1v) is 12.3. The number of hydrogen-bond acceptors (Lipinski definition) is 4. The van der Waals surface area contributed by atoms with Gasteiger partial charge in [0.25, 0.3) is 0 Å². The number of pyridine rings is 1. The lowest BCUT2D eigenvalue weighted by Crippen LogP contribution is -2.54. The lowest BCUT2D eigenvalue weighted by molar-refractivity contribution is -0.137. The highest BCUT2D eigenvalue weighted by Gasteiger charge is 2.49. The van der Waals surface area contributed by atoms with Gasteiger partial charge >= 0.3 is 12.2 Å². The van der Waals surface area contributed by atoms with Crippen LogP contribution in [-0.2, 0) is 23.7 Å². The summed E-state index contributed by atoms with van der Waals surface area (Å²) in [6.07, 6.45) is 0.681. The molecule has 4 heterocycles. The van der Waals surface area contributed by atoms with Crippen molar-refractivity contribution in [2.24, 2.45) is 0 Å². The minimum Gasteiger partial charge on any atom is -0.383 e. The molecule has 6 rings (SSSR count). The van der Waals surface area contributed by atoms with Gasteiger partial charge in [-0.15, -0.1) is 0 Å². The number of nitrogens with zero attached hydrogens (tertiary/aromatic N) is 4. The standard InChI is InChI=1S/C26H26F4N6O/c27-18-4-1-3-17(12-18)25(5-2-6-25)33-23(37)35-9-7-24(15-35)8-10-36-21(24)13-20(34-36)16-11-19(26(28,29)30)22(31)32-14-16/h1,3-4,11-14H,2,5-10,15H2,(H2,31,32)(H,33,37). The average Bonchev–Trinajstić information content (AvgIpc) is 3.52. The molecule has 1 aliphatic carbocycles. The molecule has 3 aliphatic rings. The number of carbonyl (C=O) groups excluding carboxylic acids is 1. The molecular weight excluding hydrogens is 488 g/mol. The summed E-state index contributed by atoms with van der Waals surface area (Å²) in [6, 6.07) is 8.99. The van der Waals surface area contributed by atoms with Crippen molar-refractivity contribution in [1.82, 2.24) is 25.0 Å². The number of urea groups is 1. The van der Waals surface area contributed by atoms with Crippen LogP contribution in [-0.4, -0.2) is 38.8 Å². The van der Waals surface area contributed by atoms with Crippen LogP contribution in [0.4, 0.5) is 28.2 Å². The highest BCUT2D eigenvalue weighted by atomic mass is 19.4. The number of benzene rings is 1. The Kier molecular flexibility index (Phi) is 5.26. The lowest BCUT2D eigenvalue weighted by Gasteiger charge is -2.44. The van der Waals surface area contributed by atoms with Crippen LogP contribution in [0, 0.1) is 5.82 Å². The van der Waals surface area contributed by atoms with Gasteiger partial charge in [0.05, 0.1) is 16.8 Å². The molecule has 11 heteroatoms. The second-order valence-electron chi connectivity index (χ2n) is 10.4. The summed E-state index contributed by atoms with van der Waals surface area (Å²) in [7, 11) is 0. The van der Waals surface area contributed by atoms with Gasteiger partial charge in [0.2, 0.25) is 0 Å². The fourth-order valence-electron chi connectivity index (χ4n) is 5.99. The predicted octanol–water partition coefficient (Wildman–Crippen LogP) is 4.82. The van der Waals surface area contributed by atoms with Crippen LogP contribution in [0.1, 0.15) is 48.9 Å². The van der Waals surface area contributed by atoms with Crippen molar-refractivity contribution in [3.63, 3.8) is 0 Å². The van der Waals surface area contributed by atoms with Gasteiger partial charge < -0.3 is 16.0 Å². The summed E-state index contributed by atoms with van der Waals surface area (Å²) in [4.78, 5) is 18.8. The van der Waals surface area contributed by atoms with Gasteiger partial charge in [0.15, 0.2) is 0 Å². The van der Waals surface area contributed by atoms with Crippen molar-refractivity contribution in [1.29, 1.82) is 0 Å². The van der Waals surface area contributed by atoms with E-state index in [0.717, 1.165) is 49.4 Å². The zero-order valence-electron chi connectivity index (χ0n) is 20.0. The first kappa shape index (κ1) is 23.7. The van der Waals surface area contributed by atoms with Crippen molar-refractivity contribution in [2.45, 2.75) is 55.8 Å². The Morgan fingerprint density at radius 2 is 1.86 bits per heavy atom. The van der Waals surface area contributed by atoms with Crippen LogP contribution < -0.4 is 11.1 Å². The van der Waals surface area contributed by atoms with E-state index in [9.17, 15) is 22.4 Å². The van der Waals surface area contributed by atoms with E-state index in [-0.39, 0.29) is 22.8 Å². The van der Waals surface area contributed by atoms with Crippen LogP contribution in [0.5, 0.6) is 0 Å². The van der Waals surface area contributed by atoms with Crippen LogP contribution in [0.3, 0.4) is 0 Å². The van der Waals surface area contributed by atoms with E-state index in [0.29, 0.717) is 25.3 Å².